The molecule has 2 heterocycles. The van der Waals surface area contributed by atoms with Gasteiger partial charge in [0.05, 0.1) is 21.5 Å². The van der Waals surface area contributed by atoms with Crippen LogP contribution in [-0.2, 0) is 23.5 Å². The molecule has 3 rings (SSSR count). The molecule has 0 aliphatic rings. The van der Waals surface area contributed by atoms with Crippen molar-refractivity contribution in [2.75, 3.05) is 6.54 Å². The fourth-order valence-electron chi connectivity index (χ4n) is 2.67. The van der Waals surface area contributed by atoms with Crippen molar-refractivity contribution in [3.8, 4) is 0 Å². The number of aromatic nitrogens is 2. The number of nitrogens with zero attached hydrogens (tertiary/aromatic N) is 2. The molecule has 0 unspecified atom stereocenters. The largest absolute Gasteiger partial charge is 0.351 e. The van der Waals surface area contributed by atoms with E-state index in [0.29, 0.717) is 33.6 Å². The molecule has 0 fully saturated rings. The van der Waals surface area contributed by atoms with E-state index in [1.54, 1.807) is 26.1 Å². The lowest BCUT2D eigenvalue weighted by atomic mass is 10.1. The van der Waals surface area contributed by atoms with E-state index < -0.39 is 10.0 Å². The molecule has 10 heteroatoms. The van der Waals surface area contributed by atoms with Crippen molar-refractivity contribution in [3.63, 3.8) is 0 Å². The number of thiophene rings is 1. The number of nitrogens with one attached hydrogen (secondary N) is 1. The van der Waals surface area contributed by atoms with E-state index in [1.807, 2.05) is 0 Å². The molecule has 2 aromatic heterocycles. The molecule has 142 valence electrons. The Kier molecular flexibility index (Phi) is 5.13. The summed E-state index contributed by atoms with van der Waals surface area (Å²) in [6.45, 7) is 2.11. The monoisotopic (exact) mass is 406 g/mol. The van der Waals surface area contributed by atoms with Crippen LogP contribution in [0.3, 0.4) is 0 Å². The first-order valence-corrected chi connectivity index (χ1v) is 10.4. The van der Waals surface area contributed by atoms with Crippen LogP contribution in [0.1, 0.15) is 20.8 Å². The number of aryl methyl sites for hydroxylation is 2. The van der Waals surface area contributed by atoms with Gasteiger partial charge < -0.3 is 9.88 Å². The minimum Gasteiger partial charge on any atom is -0.351 e. The quantitative estimate of drug-likeness (QED) is 0.652. The number of sulfonamides is 1. The third kappa shape index (κ3) is 3.92. The van der Waals surface area contributed by atoms with Crippen molar-refractivity contribution >= 4 is 37.5 Å². The third-order valence-corrected chi connectivity index (χ3v) is 6.30. The second-order valence-electron chi connectivity index (χ2n) is 6.09. The molecular formula is C17H18N4O4S2. The van der Waals surface area contributed by atoms with E-state index in [4.69, 9.17) is 5.14 Å². The summed E-state index contributed by atoms with van der Waals surface area (Å²) in [5.41, 5.74) is 1.31. The summed E-state index contributed by atoms with van der Waals surface area (Å²) in [7, 11) is -2.10. The molecule has 3 N–H and O–H groups in total. The van der Waals surface area contributed by atoms with Crippen LogP contribution in [-0.4, -0.2) is 30.4 Å². The standard InChI is InChI=1S/C17H18N4O4S2/c1-10-13-16(20-9-21(2)17(13)23)26-14(10)15(22)19-8-7-11-3-5-12(6-4-11)27(18,24)25/h3-6,9H,7-8H2,1-2H3,(H,19,22)(H2,18,24,25). The van der Waals surface area contributed by atoms with Gasteiger partial charge in [-0.1, -0.05) is 12.1 Å². The lowest BCUT2D eigenvalue weighted by molar-refractivity contribution is 0.0957. The molecule has 27 heavy (non-hydrogen) atoms. The molecule has 0 spiro atoms. The van der Waals surface area contributed by atoms with Gasteiger partial charge in [0, 0.05) is 13.6 Å². The van der Waals surface area contributed by atoms with E-state index in [0.717, 1.165) is 5.56 Å². The lowest BCUT2D eigenvalue weighted by Crippen LogP contribution is -2.25. The van der Waals surface area contributed by atoms with E-state index in [-0.39, 0.29) is 16.4 Å². The number of rotatable bonds is 5. The zero-order chi connectivity index (χ0) is 19.8. The van der Waals surface area contributed by atoms with Crippen molar-refractivity contribution in [3.05, 3.63) is 57.0 Å². The van der Waals surface area contributed by atoms with Gasteiger partial charge >= 0.3 is 0 Å². The zero-order valence-electron chi connectivity index (χ0n) is 14.7. The van der Waals surface area contributed by atoms with Crippen molar-refractivity contribution in [2.45, 2.75) is 18.2 Å². The number of hydrogen-bond acceptors (Lipinski definition) is 6. The minimum atomic E-state index is -3.72. The lowest BCUT2D eigenvalue weighted by Gasteiger charge is -2.05. The molecule has 0 saturated carbocycles. The molecule has 0 aliphatic carbocycles. The van der Waals surface area contributed by atoms with Gasteiger partial charge in [-0.2, -0.15) is 0 Å². The van der Waals surface area contributed by atoms with Gasteiger partial charge in [0.15, 0.2) is 0 Å². The maximum atomic E-state index is 12.5. The van der Waals surface area contributed by atoms with E-state index >= 15 is 0 Å². The van der Waals surface area contributed by atoms with Gasteiger partial charge in [0.2, 0.25) is 10.0 Å². The molecule has 0 radical (unpaired) electrons. The van der Waals surface area contributed by atoms with Crippen molar-refractivity contribution in [1.82, 2.24) is 14.9 Å². The number of benzene rings is 1. The summed E-state index contributed by atoms with van der Waals surface area (Å²) in [5, 5.41) is 8.35. The van der Waals surface area contributed by atoms with Crippen LogP contribution in [0.4, 0.5) is 0 Å². The smallest absolute Gasteiger partial charge is 0.262 e. The molecule has 3 aromatic rings. The average molecular weight is 406 g/mol. The Balaban J connectivity index is 1.70. The molecule has 1 aromatic carbocycles. The molecule has 0 saturated heterocycles. The van der Waals surface area contributed by atoms with Crippen molar-refractivity contribution in [2.24, 2.45) is 12.2 Å². The summed E-state index contributed by atoms with van der Waals surface area (Å²) in [6.07, 6.45) is 1.97. The van der Waals surface area contributed by atoms with E-state index in [9.17, 15) is 18.0 Å². The van der Waals surface area contributed by atoms with Crippen LogP contribution in [0.25, 0.3) is 10.2 Å². The van der Waals surface area contributed by atoms with Crippen LogP contribution < -0.4 is 16.0 Å². The first kappa shape index (κ1) is 19.2. The minimum absolute atomic E-state index is 0.0465. The number of primary sulfonamides is 1. The van der Waals surface area contributed by atoms with Gasteiger partial charge in [-0.25, -0.2) is 18.5 Å². The van der Waals surface area contributed by atoms with Crippen LogP contribution >= 0.6 is 11.3 Å². The summed E-state index contributed by atoms with van der Waals surface area (Å²) < 4.78 is 23.9. The highest BCUT2D eigenvalue weighted by molar-refractivity contribution is 7.89. The Morgan fingerprint density at radius 3 is 2.59 bits per heavy atom. The predicted octanol–water partition coefficient (Wildman–Crippen LogP) is 0.923. The van der Waals surface area contributed by atoms with Crippen LogP contribution in [0.2, 0.25) is 0 Å². The molecule has 0 bridgehead atoms. The van der Waals surface area contributed by atoms with Crippen LogP contribution in [0.5, 0.6) is 0 Å². The number of nitrogens with two attached hydrogens (primary N) is 1. The summed E-state index contributed by atoms with van der Waals surface area (Å²) in [6, 6.07) is 6.18. The molecule has 0 atom stereocenters. The maximum absolute atomic E-state index is 12.5. The number of amides is 1. The summed E-state index contributed by atoms with van der Waals surface area (Å²) in [4.78, 5) is 30.0. The summed E-state index contributed by atoms with van der Waals surface area (Å²) in [5.74, 6) is -0.265. The molecule has 1 amide bonds. The highest BCUT2D eigenvalue weighted by atomic mass is 32.2. The Morgan fingerprint density at radius 1 is 1.30 bits per heavy atom. The van der Waals surface area contributed by atoms with Gasteiger partial charge in [0.1, 0.15) is 4.83 Å². The fraction of sp³-hybridized carbons (Fsp3) is 0.235. The van der Waals surface area contributed by atoms with Gasteiger partial charge in [0.25, 0.3) is 11.5 Å². The van der Waals surface area contributed by atoms with Gasteiger partial charge in [-0.15, -0.1) is 11.3 Å². The first-order chi connectivity index (χ1) is 12.7. The topological polar surface area (TPSA) is 124 Å². The zero-order valence-corrected chi connectivity index (χ0v) is 16.4. The van der Waals surface area contributed by atoms with Gasteiger partial charge in [-0.3, -0.25) is 9.59 Å². The third-order valence-electron chi connectivity index (χ3n) is 4.17. The second-order valence-corrected chi connectivity index (χ2v) is 8.65. The number of fused-ring (bicyclic) bond motifs is 1. The predicted molar refractivity (Wildman–Crippen MR) is 103 cm³/mol. The normalized spacial score (nSPS) is 11.7. The van der Waals surface area contributed by atoms with Crippen molar-refractivity contribution < 1.29 is 13.2 Å². The Bertz CT molecular complexity index is 1180. The first-order valence-electron chi connectivity index (χ1n) is 8.03. The van der Waals surface area contributed by atoms with E-state index in [2.05, 4.69) is 10.3 Å². The maximum Gasteiger partial charge on any atom is 0.262 e. The molecular weight excluding hydrogens is 388 g/mol. The second kappa shape index (κ2) is 7.22. The SMILES string of the molecule is Cc1c(C(=O)NCCc2ccc(S(N)(=O)=O)cc2)sc2ncn(C)c(=O)c12. The van der Waals surface area contributed by atoms with Crippen LogP contribution in [0.15, 0.2) is 40.3 Å². The molecule has 0 aliphatic heterocycles. The van der Waals surface area contributed by atoms with E-state index in [1.165, 1.54) is 34.4 Å². The summed E-state index contributed by atoms with van der Waals surface area (Å²) >= 11 is 1.19. The van der Waals surface area contributed by atoms with Gasteiger partial charge in [-0.05, 0) is 36.6 Å². The Morgan fingerprint density at radius 2 is 1.96 bits per heavy atom. The highest BCUT2D eigenvalue weighted by Crippen LogP contribution is 2.26. The Labute approximate surface area is 159 Å². The average Bonchev–Trinajstić information content (AvgIpc) is 2.95. The van der Waals surface area contributed by atoms with Crippen molar-refractivity contribution in [1.29, 1.82) is 0 Å². The molecule has 8 nitrogen and oxygen atoms in total. The van der Waals surface area contributed by atoms with Crippen LogP contribution in [0, 0.1) is 6.92 Å². The number of hydrogen-bond donors (Lipinski definition) is 2. The number of carbonyl (C=O) groups excluding carboxylic acids is 1. The highest BCUT2D eigenvalue weighted by Gasteiger charge is 2.18. The fourth-order valence-corrected chi connectivity index (χ4v) is 4.24. The Hall–Kier alpha value is -2.56. The number of carbonyl (C=O) groups is 1.